The van der Waals surface area contributed by atoms with Gasteiger partial charge in [-0.15, -0.1) is 0 Å². The fourth-order valence-corrected chi connectivity index (χ4v) is 4.41. The zero-order chi connectivity index (χ0) is 22.1. The van der Waals surface area contributed by atoms with Gasteiger partial charge in [-0.2, -0.15) is 13.2 Å². The number of carbonyl (C=O) groups is 1. The normalized spacial score (nSPS) is 14.6. The van der Waals surface area contributed by atoms with E-state index in [1.807, 2.05) is 0 Å². The summed E-state index contributed by atoms with van der Waals surface area (Å²) < 4.78 is 71.7. The quantitative estimate of drug-likeness (QED) is 0.714. The second kappa shape index (κ2) is 8.35. The van der Waals surface area contributed by atoms with E-state index in [0.717, 1.165) is 31.0 Å². The zero-order valence-corrected chi connectivity index (χ0v) is 17.4. The number of carbonyl (C=O) groups excluding carboxylic acids is 1. The van der Waals surface area contributed by atoms with Crippen molar-refractivity contribution in [3.63, 3.8) is 0 Å². The number of likely N-dealkylation sites (tertiary alicyclic amines) is 1. The van der Waals surface area contributed by atoms with Crippen molar-refractivity contribution in [1.82, 2.24) is 4.90 Å². The summed E-state index contributed by atoms with van der Waals surface area (Å²) in [6, 6.07) is 5.98. The number of ether oxygens (including phenoxy) is 1. The van der Waals surface area contributed by atoms with Crippen molar-refractivity contribution in [2.45, 2.75) is 23.9 Å². The van der Waals surface area contributed by atoms with Crippen LogP contribution in [0.2, 0.25) is 5.02 Å². The predicted octanol–water partition coefficient (Wildman–Crippen LogP) is 4.40. The van der Waals surface area contributed by atoms with Gasteiger partial charge in [0.1, 0.15) is 5.75 Å². The summed E-state index contributed by atoms with van der Waals surface area (Å²) in [6.45, 7) is 1.11. The standard InChI is InChI=1S/C19H18ClF3N2O4S/c1-29-17-7-5-13(11-14(17)18(26)25-8-2-3-9-25)30(27,28)24-16-10-12(19(21,22)23)4-6-15(16)20/h4-7,10-11,24H,2-3,8-9H2,1H3. The highest BCUT2D eigenvalue weighted by molar-refractivity contribution is 7.92. The minimum absolute atomic E-state index is 0.0532. The number of sulfonamides is 1. The maximum atomic E-state index is 13.0. The Bertz CT molecular complexity index is 1070. The highest BCUT2D eigenvalue weighted by atomic mass is 35.5. The van der Waals surface area contributed by atoms with Crippen molar-refractivity contribution in [3.8, 4) is 5.75 Å². The van der Waals surface area contributed by atoms with Gasteiger partial charge in [-0.25, -0.2) is 8.42 Å². The highest BCUT2D eigenvalue weighted by Crippen LogP contribution is 2.35. The molecule has 1 aliphatic heterocycles. The molecule has 0 spiro atoms. The molecular formula is C19H18ClF3N2O4S. The largest absolute Gasteiger partial charge is 0.496 e. The summed E-state index contributed by atoms with van der Waals surface area (Å²) in [4.78, 5) is 14.0. The SMILES string of the molecule is COc1ccc(S(=O)(=O)Nc2cc(C(F)(F)F)ccc2Cl)cc1C(=O)N1CCCC1. The molecule has 2 aromatic rings. The van der Waals surface area contributed by atoms with Crippen LogP contribution >= 0.6 is 11.6 Å². The van der Waals surface area contributed by atoms with Crippen LogP contribution in [0.4, 0.5) is 18.9 Å². The first-order valence-corrected chi connectivity index (χ1v) is 10.8. The average molecular weight is 463 g/mol. The fourth-order valence-electron chi connectivity index (χ4n) is 3.10. The lowest BCUT2D eigenvalue weighted by Gasteiger charge is -2.18. The van der Waals surface area contributed by atoms with Crippen LogP contribution in [0.3, 0.4) is 0 Å². The Kier molecular flexibility index (Phi) is 6.19. The number of hydrogen-bond donors (Lipinski definition) is 1. The number of nitrogens with zero attached hydrogens (tertiary/aromatic N) is 1. The molecule has 1 N–H and O–H groups in total. The fraction of sp³-hybridized carbons (Fsp3) is 0.316. The van der Waals surface area contributed by atoms with Crippen LogP contribution in [0.25, 0.3) is 0 Å². The summed E-state index contributed by atoms with van der Waals surface area (Å²) in [5.74, 6) is -0.179. The Morgan fingerprint density at radius 3 is 2.40 bits per heavy atom. The topological polar surface area (TPSA) is 75.7 Å². The maximum absolute atomic E-state index is 13.0. The van der Waals surface area contributed by atoms with Crippen molar-refractivity contribution in [3.05, 3.63) is 52.5 Å². The maximum Gasteiger partial charge on any atom is 0.416 e. The molecule has 0 aliphatic carbocycles. The van der Waals surface area contributed by atoms with Crippen LogP contribution in [0, 0.1) is 0 Å². The van der Waals surface area contributed by atoms with E-state index in [9.17, 15) is 26.4 Å². The predicted molar refractivity (Wildman–Crippen MR) is 105 cm³/mol. The molecule has 162 valence electrons. The van der Waals surface area contributed by atoms with Crippen molar-refractivity contribution in [1.29, 1.82) is 0 Å². The third kappa shape index (κ3) is 4.65. The van der Waals surface area contributed by atoms with Crippen LogP contribution in [-0.4, -0.2) is 39.4 Å². The van der Waals surface area contributed by atoms with E-state index in [0.29, 0.717) is 19.2 Å². The molecule has 0 aromatic heterocycles. The van der Waals surface area contributed by atoms with Crippen molar-refractivity contribution in [2.24, 2.45) is 0 Å². The van der Waals surface area contributed by atoms with E-state index >= 15 is 0 Å². The third-order valence-electron chi connectivity index (χ3n) is 4.64. The third-order valence-corrected chi connectivity index (χ3v) is 6.34. The number of rotatable bonds is 5. The van der Waals surface area contributed by atoms with Crippen LogP contribution in [0.5, 0.6) is 5.75 Å². The number of amides is 1. The van der Waals surface area contributed by atoms with E-state index in [1.165, 1.54) is 19.2 Å². The molecular weight excluding hydrogens is 445 g/mol. The number of hydrogen-bond acceptors (Lipinski definition) is 4. The Morgan fingerprint density at radius 2 is 1.80 bits per heavy atom. The van der Waals surface area contributed by atoms with Gasteiger partial charge >= 0.3 is 6.18 Å². The molecule has 2 aromatic carbocycles. The molecule has 0 saturated carbocycles. The minimum Gasteiger partial charge on any atom is -0.496 e. The first-order chi connectivity index (χ1) is 14.0. The smallest absolute Gasteiger partial charge is 0.416 e. The molecule has 1 heterocycles. The molecule has 0 unspecified atom stereocenters. The number of benzene rings is 2. The van der Waals surface area contributed by atoms with Gasteiger partial charge in [-0.05, 0) is 49.2 Å². The number of alkyl halides is 3. The van der Waals surface area contributed by atoms with Gasteiger partial charge < -0.3 is 9.64 Å². The first-order valence-electron chi connectivity index (χ1n) is 8.90. The molecule has 1 saturated heterocycles. The summed E-state index contributed by atoms with van der Waals surface area (Å²) in [7, 11) is -2.98. The second-order valence-corrected chi connectivity index (χ2v) is 8.75. The van der Waals surface area contributed by atoms with Gasteiger partial charge in [-0.1, -0.05) is 11.6 Å². The summed E-state index contributed by atoms with van der Waals surface area (Å²) in [5.41, 5.74) is -1.42. The molecule has 30 heavy (non-hydrogen) atoms. The molecule has 1 aliphatic rings. The van der Waals surface area contributed by atoms with Crippen LogP contribution in [0.15, 0.2) is 41.3 Å². The Balaban J connectivity index is 1.97. The van der Waals surface area contributed by atoms with Gasteiger partial charge in [0.25, 0.3) is 15.9 Å². The number of nitrogens with one attached hydrogen (secondary N) is 1. The summed E-state index contributed by atoms with van der Waals surface area (Å²) in [6.07, 6.45) is -2.97. The van der Waals surface area contributed by atoms with Crippen molar-refractivity contribution < 1.29 is 31.1 Å². The van der Waals surface area contributed by atoms with E-state index in [2.05, 4.69) is 4.72 Å². The molecule has 3 rings (SSSR count). The van der Waals surface area contributed by atoms with Crippen molar-refractivity contribution >= 4 is 33.2 Å². The van der Waals surface area contributed by atoms with E-state index in [-0.39, 0.29) is 27.1 Å². The molecule has 6 nitrogen and oxygen atoms in total. The van der Waals surface area contributed by atoms with E-state index in [4.69, 9.17) is 16.3 Å². The lowest BCUT2D eigenvalue weighted by molar-refractivity contribution is -0.137. The van der Waals surface area contributed by atoms with E-state index in [1.54, 1.807) is 4.90 Å². The first kappa shape index (κ1) is 22.2. The van der Waals surface area contributed by atoms with Gasteiger partial charge in [-0.3, -0.25) is 9.52 Å². The van der Waals surface area contributed by atoms with Crippen LogP contribution in [-0.2, 0) is 16.2 Å². The van der Waals surface area contributed by atoms with Gasteiger partial charge in [0.15, 0.2) is 0 Å². The molecule has 0 atom stereocenters. The monoisotopic (exact) mass is 462 g/mol. The van der Waals surface area contributed by atoms with E-state index < -0.39 is 27.5 Å². The highest BCUT2D eigenvalue weighted by Gasteiger charge is 2.32. The minimum atomic E-state index is -4.67. The summed E-state index contributed by atoms with van der Waals surface area (Å²) in [5, 5.41) is -0.201. The molecule has 1 fully saturated rings. The number of methoxy groups -OCH3 is 1. The van der Waals surface area contributed by atoms with Crippen LogP contribution < -0.4 is 9.46 Å². The Labute approximate surface area is 176 Å². The lowest BCUT2D eigenvalue weighted by atomic mass is 10.1. The van der Waals surface area contributed by atoms with Gasteiger partial charge in [0, 0.05) is 13.1 Å². The summed E-state index contributed by atoms with van der Waals surface area (Å²) >= 11 is 5.88. The lowest BCUT2D eigenvalue weighted by Crippen LogP contribution is -2.28. The average Bonchev–Trinajstić information content (AvgIpc) is 3.22. The van der Waals surface area contributed by atoms with Crippen LogP contribution in [0.1, 0.15) is 28.8 Å². The molecule has 1 amide bonds. The molecule has 0 radical (unpaired) electrons. The number of anilines is 1. The van der Waals surface area contributed by atoms with Gasteiger partial charge in [0.2, 0.25) is 0 Å². The molecule has 11 heteroatoms. The van der Waals surface area contributed by atoms with Gasteiger partial charge in [0.05, 0.1) is 33.8 Å². The number of halogens is 4. The Morgan fingerprint density at radius 1 is 1.13 bits per heavy atom. The molecule has 0 bridgehead atoms. The zero-order valence-electron chi connectivity index (χ0n) is 15.8. The Hall–Kier alpha value is -2.46. The van der Waals surface area contributed by atoms with Crippen molar-refractivity contribution in [2.75, 3.05) is 24.9 Å². The second-order valence-electron chi connectivity index (χ2n) is 6.66.